The average Bonchev–Trinajstić information content (AvgIpc) is 1.63. The topological polar surface area (TPSA) is 0 Å². The molecule has 0 aromatic heterocycles. The van der Waals surface area contributed by atoms with Gasteiger partial charge in [-0.2, -0.15) is 0 Å². The van der Waals surface area contributed by atoms with Gasteiger partial charge < -0.3 is 0 Å². The van der Waals surface area contributed by atoms with E-state index < -0.39 is 4.90 Å². The van der Waals surface area contributed by atoms with Crippen molar-refractivity contribution < 1.29 is 0 Å². The molecule has 0 spiro atoms. The summed E-state index contributed by atoms with van der Waals surface area (Å²) in [5.41, 5.74) is 0. The van der Waals surface area contributed by atoms with Crippen molar-refractivity contribution >= 4 is 74.5 Å². The zero-order valence-electron chi connectivity index (χ0n) is 6.05. The summed E-state index contributed by atoms with van der Waals surface area (Å²) in [5, 5.41) is 0. The van der Waals surface area contributed by atoms with Crippen LogP contribution in [0.1, 0.15) is 0 Å². The monoisotopic (exact) mass is 482 g/mol. The first kappa shape index (κ1) is 11.7. The van der Waals surface area contributed by atoms with Crippen molar-refractivity contribution in [1.29, 1.82) is 0 Å². The molecule has 0 saturated carbocycles. The molecular formula is C3H12B2I3P. The first-order chi connectivity index (χ1) is 4.06. The van der Waals surface area contributed by atoms with Gasteiger partial charge >= 0.3 is 94.5 Å². The van der Waals surface area contributed by atoms with Crippen LogP contribution in [0.25, 0.3) is 0 Å². The summed E-state index contributed by atoms with van der Waals surface area (Å²) in [7, 11) is 0. The van der Waals surface area contributed by atoms with Crippen molar-refractivity contribution in [3.63, 3.8) is 0 Å². The summed E-state index contributed by atoms with van der Waals surface area (Å²) in [6.45, 7) is 7.53. The number of hydrogen-bond donors (Lipinski definition) is 0. The Labute approximate surface area is 92.8 Å². The average molecular weight is 481 g/mol. The van der Waals surface area contributed by atoms with Crippen LogP contribution in [-0.4, -0.2) is 26.0 Å². The van der Waals surface area contributed by atoms with Gasteiger partial charge in [0.05, 0.1) is 0 Å². The normalized spacial score (nSPS) is 12.9. The molecule has 0 N–H and O–H groups in total. The molecule has 0 rings (SSSR count). The predicted octanol–water partition coefficient (Wildman–Crippen LogP) is 2.45. The van der Waals surface area contributed by atoms with Crippen LogP contribution in [0, 0.1) is 0 Å². The van der Waals surface area contributed by atoms with Crippen LogP contribution in [0.2, 0.25) is 0 Å². The molecule has 0 atom stereocenters. The second-order valence-electron chi connectivity index (χ2n) is 2.59. The summed E-state index contributed by atoms with van der Waals surface area (Å²) in [5.74, 6) is 0. The molecule has 0 aliphatic carbocycles. The van der Waals surface area contributed by atoms with E-state index in [1.165, 1.54) is 2.99 Å². The molecule has 0 amide bonds. The first-order valence-electron chi connectivity index (χ1n) is 2.76. The van der Waals surface area contributed by atoms with Crippen LogP contribution in [-0.2, 0) is 0 Å². The van der Waals surface area contributed by atoms with Crippen LogP contribution < -0.4 is 0 Å². The van der Waals surface area contributed by atoms with Gasteiger partial charge in [0.25, 0.3) is 0 Å². The summed E-state index contributed by atoms with van der Waals surface area (Å²) >= 11 is 3.81. The van der Waals surface area contributed by atoms with Gasteiger partial charge in [-0.1, -0.05) is 0 Å². The van der Waals surface area contributed by atoms with E-state index in [4.69, 9.17) is 0 Å². The zero-order chi connectivity index (χ0) is 7.33. The Kier molecular flexibility index (Phi) is 8.21. The zero-order valence-corrected chi connectivity index (χ0v) is 13.5. The molecule has 0 heterocycles. The fraction of sp³-hybridized carbons (Fsp3) is 1.00. The standard InChI is InChI=1S/C3H12B2I3P/c1-9(2,3)8-5-7-4-6/h4-5,9H,1-3H3. The van der Waals surface area contributed by atoms with Crippen molar-refractivity contribution in [3.8, 4) is 0 Å². The van der Waals surface area contributed by atoms with Crippen LogP contribution in [0.3, 0.4) is 0 Å². The van der Waals surface area contributed by atoms with Gasteiger partial charge in [0.15, 0.2) is 0 Å². The molecule has 6 heteroatoms. The van der Waals surface area contributed by atoms with E-state index in [9.17, 15) is 0 Å². The molecule has 9 heavy (non-hydrogen) atoms. The maximum atomic E-state index is 2.52. The van der Waals surface area contributed by atoms with Crippen LogP contribution in [0.5, 0.6) is 0 Å². The summed E-state index contributed by atoms with van der Waals surface area (Å²) in [4.78, 5) is -0.560. The second kappa shape index (κ2) is 6.29. The molecule has 0 aromatic rings. The Morgan fingerprint density at radius 2 is 1.89 bits per heavy atom. The fourth-order valence-corrected chi connectivity index (χ4v) is 33.4. The van der Waals surface area contributed by atoms with E-state index in [1.807, 2.05) is 0 Å². The van der Waals surface area contributed by atoms with E-state index in [1.54, 1.807) is 2.99 Å². The molecule has 0 nitrogen and oxygen atoms in total. The van der Waals surface area contributed by atoms with Gasteiger partial charge in [0, 0.05) is 0 Å². The van der Waals surface area contributed by atoms with E-state index in [-0.39, 0.29) is 0 Å². The van der Waals surface area contributed by atoms with Crippen LogP contribution in [0.4, 0.5) is 0 Å². The molecule has 0 aliphatic heterocycles. The molecule has 0 aromatic carbocycles. The van der Waals surface area contributed by atoms with E-state index in [0.717, 1.165) is 0 Å². The summed E-state index contributed by atoms with van der Waals surface area (Å²) in [6.07, 6.45) is 0. The molecule has 56 valence electrons. The van der Waals surface area contributed by atoms with Gasteiger partial charge in [0.2, 0.25) is 0 Å². The van der Waals surface area contributed by atoms with Gasteiger partial charge in [-0.05, 0) is 0 Å². The predicted molar refractivity (Wildman–Crippen MR) is 82.4 cm³/mol. The molecular weight excluding hydrogens is 469 g/mol. The van der Waals surface area contributed by atoms with Gasteiger partial charge in [0.1, 0.15) is 0 Å². The molecule has 0 fully saturated rings. The molecule has 0 bridgehead atoms. The third kappa shape index (κ3) is 10.7. The summed E-state index contributed by atoms with van der Waals surface area (Å²) in [6, 6.07) is 0. The Balaban J connectivity index is 3.07. The van der Waals surface area contributed by atoms with Crippen LogP contribution >= 0.6 is 68.5 Å². The molecule has 0 saturated heterocycles. The van der Waals surface area contributed by atoms with Crippen molar-refractivity contribution in [2.45, 2.75) is 0 Å². The third-order valence-electron chi connectivity index (χ3n) is 0.594. The SMILES string of the molecule is C[PH](C)(C)[I]B[I]BI. The quantitative estimate of drug-likeness (QED) is 0.251. The first-order valence-corrected chi connectivity index (χ1v) is 15.5. The van der Waals surface area contributed by atoms with Crippen molar-refractivity contribution in [1.82, 2.24) is 0 Å². The number of hydrogen-bond acceptors (Lipinski definition) is 0. The Hall–Kier alpha value is 2.75. The fourth-order valence-electron chi connectivity index (χ4n) is 0.214. The second-order valence-corrected chi connectivity index (χ2v) is 29.0. The molecule has 0 unspecified atom stereocenters. The maximum absolute atomic E-state index is 2.52. The number of rotatable bonds is 4. The third-order valence-corrected chi connectivity index (χ3v) is 21.3. The minimum absolute atomic E-state index is 0.560. The van der Waals surface area contributed by atoms with Gasteiger partial charge in [-0.3, -0.25) is 0 Å². The molecule has 0 aliphatic rings. The van der Waals surface area contributed by atoms with E-state index in [0.29, 0.717) is 41.2 Å². The Morgan fingerprint density at radius 3 is 2.22 bits per heavy atom. The Bertz CT molecular complexity index is 73.9. The van der Waals surface area contributed by atoms with E-state index in [2.05, 4.69) is 42.4 Å². The van der Waals surface area contributed by atoms with E-state index >= 15 is 0 Å². The van der Waals surface area contributed by atoms with Gasteiger partial charge in [-0.15, -0.1) is 0 Å². The van der Waals surface area contributed by atoms with Crippen molar-refractivity contribution in [2.24, 2.45) is 0 Å². The minimum atomic E-state index is -0.560. The molecule has 2 radical (unpaired) electrons. The van der Waals surface area contributed by atoms with Crippen molar-refractivity contribution in [2.75, 3.05) is 20.0 Å². The van der Waals surface area contributed by atoms with Crippen molar-refractivity contribution in [3.05, 3.63) is 0 Å². The summed E-state index contributed by atoms with van der Waals surface area (Å²) < 4.78 is 3.15. The number of halogens is 3. The Morgan fingerprint density at radius 1 is 1.33 bits per heavy atom. The van der Waals surface area contributed by atoms with Gasteiger partial charge in [-0.25, -0.2) is 0 Å². The van der Waals surface area contributed by atoms with Crippen LogP contribution in [0.15, 0.2) is 0 Å².